The van der Waals surface area contributed by atoms with Crippen LogP contribution in [0.2, 0.25) is 0 Å². The maximum Gasteiger partial charge on any atom is 0.233 e. The second kappa shape index (κ2) is 4.03. The normalized spacial score (nSPS) is 26.2. The number of carbonyl (C=O) groups excluding carboxylic acids is 1. The van der Waals surface area contributed by atoms with E-state index in [1.165, 1.54) is 0 Å². The zero-order valence-corrected chi connectivity index (χ0v) is 12.2. The topological polar surface area (TPSA) is 29.1 Å². The Morgan fingerprint density at radius 2 is 2.12 bits per heavy atom. The van der Waals surface area contributed by atoms with Crippen molar-refractivity contribution in [3.05, 3.63) is 27.8 Å². The summed E-state index contributed by atoms with van der Waals surface area (Å²) >= 11 is 14.1. The Kier molecular flexibility index (Phi) is 3.14. The Labute approximate surface area is 118 Å². The third kappa shape index (κ3) is 2.17. The van der Waals surface area contributed by atoms with Crippen LogP contribution >= 0.6 is 45.8 Å². The quantitative estimate of drug-likeness (QED) is 0.623. The first-order valence-electron chi connectivity index (χ1n) is 4.80. The van der Waals surface area contributed by atoms with Crippen molar-refractivity contribution in [2.45, 2.75) is 17.7 Å². The van der Waals surface area contributed by atoms with Gasteiger partial charge in [0.25, 0.3) is 0 Å². The number of anilines is 1. The van der Waals surface area contributed by atoms with Gasteiger partial charge in [0.05, 0.1) is 5.41 Å². The van der Waals surface area contributed by atoms with Crippen LogP contribution in [0, 0.1) is 8.99 Å². The lowest BCUT2D eigenvalue weighted by Gasteiger charge is -2.12. The van der Waals surface area contributed by atoms with Crippen LogP contribution in [-0.2, 0) is 4.79 Å². The number of rotatable bonds is 2. The van der Waals surface area contributed by atoms with Gasteiger partial charge in [0.2, 0.25) is 5.91 Å². The number of hydrogen-bond donors (Lipinski definition) is 1. The summed E-state index contributed by atoms with van der Waals surface area (Å²) in [5.41, 5.74) is 0.103. The van der Waals surface area contributed by atoms with E-state index in [9.17, 15) is 4.79 Å². The highest BCUT2D eigenvalue weighted by Crippen LogP contribution is 2.64. The summed E-state index contributed by atoms with van der Waals surface area (Å²) in [5.74, 6) is -0.125. The monoisotopic (exact) mass is 369 g/mol. The molecule has 1 N–H and O–H groups in total. The SMILES string of the molecule is CC1(C(=O)Nc2cccc(I)c2)CC1(Cl)Cl. The molecule has 0 aliphatic heterocycles. The van der Waals surface area contributed by atoms with Gasteiger partial charge in [-0.1, -0.05) is 6.07 Å². The molecule has 16 heavy (non-hydrogen) atoms. The van der Waals surface area contributed by atoms with Crippen molar-refractivity contribution in [3.8, 4) is 0 Å². The molecule has 0 bridgehead atoms. The summed E-state index contributed by atoms with van der Waals surface area (Å²) < 4.78 is 0.151. The molecule has 0 heterocycles. The standard InChI is InChI=1S/C11H10Cl2INO/c1-10(6-11(10,12)13)9(16)15-8-4-2-3-7(14)5-8/h2-5H,6H2,1H3,(H,15,16). The van der Waals surface area contributed by atoms with E-state index in [1.54, 1.807) is 6.92 Å². The molecule has 2 nitrogen and oxygen atoms in total. The smallest absolute Gasteiger partial charge is 0.233 e. The summed E-state index contributed by atoms with van der Waals surface area (Å²) in [5, 5.41) is 2.83. The second-order valence-electron chi connectivity index (χ2n) is 4.18. The molecule has 0 radical (unpaired) electrons. The number of amides is 1. The van der Waals surface area contributed by atoms with Gasteiger partial charge in [0.15, 0.2) is 0 Å². The minimum Gasteiger partial charge on any atom is -0.325 e. The van der Waals surface area contributed by atoms with Crippen molar-refractivity contribution >= 4 is 57.4 Å². The highest BCUT2D eigenvalue weighted by Gasteiger charge is 2.67. The Balaban J connectivity index is 2.10. The fourth-order valence-electron chi connectivity index (χ4n) is 1.48. The third-order valence-electron chi connectivity index (χ3n) is 2.84. The highest BCUT2D eigenvalue weighted by molar-refractivity contribution is 14.1. The minimum absolute atomic E-state index is 0.125. The van der Waals surface area contributed by atoms with Crippen LogP contribution < -0.4 is 5.32 Å². The van der Waals surface area contributed by atoms with Gasteiger partial charge in [-0.05, 0) is 54.1 Å². The van der Waals surface area contributed by atoms with Gasteiger partial charge in [-0.2, -0.15) is 0 Å². The van der Waals surface area contributed by atoms with Gasteiger partial charge < -0.3 is 5.32 Å². The molecule has 0 saturated heterocycles. The fourth-order valence-corrected chi connectivity index (χ4v) is 2.73. The summed E-state index contributed by atoms with van der Waals surface area (Å²) in [6.07, 6.45) is 0.499. The zero-order chi connectivity index (χ0) is 12.0. The van der Waals surface area contributed by atoms with Gasteiger partial charge in [0, 0.05) is 9.26 Å². The van der Waals surface area contributed by atoms with Crippen molar-refractivity contribution in [2.75, 3.05) is 5.32 Å². The summed E-state index contributed by atoms with van der Waals surface area (Å²) in [6.45, 7) is 1.77. The molecular formula is C11H10Cl2INO. The van der Waals surface area contributed by atoms with E-state index in [0.29, 0.717) is 6.42 Å². The van der Waals surface area contributed by atoms with Crippen LogP contribution in [0.5, 0.6) is 0 Å². The Morgan fingerprint density at radius 3 is 2.62 bits per heavy atom. The van der Waals surface area contributed by atoms with E-state index in [1.807, 2.05) is 24.3 Å². The molecule has 5 heteroatoms. The molecule has 1 aromatic rings. The van der Waals surface area contributed by atoms with E-state index >= 15 is 0 Å². The predicted octanol–water partition coefficient (Wildman–Crippen LogP) is 3.81. The molecule has 2 rings (SSSR count). The summed E-state index contributed by atoms with van der Waals surface area (Å²) in [4.78, 5) is 11.9. The molecular weight excluding hydrogens is 360 g/mol. The minimum atomic E-state index is -0.918. The molecule has 1 aromatic carbocycles. The van der Waals surface area contributed by atoms with Crippen molar-refractivity contribution in [1.29, 1.82) is 0 Å². The van der Waals surface area contributed by atoms with Crippen molar-refractivity contribution < 1.29 is 4.79 Å². The highest BCUT2D eigenvalue weighted by atomic mass is 127. The lowest BCUT2D eigenvalue weighted by atomic mass is 10.1. The van der Waals surface area contributed by atoms with Crippen molar-refractivity contribution in [3.63, 3.8) is 0 Å². The van der Waals surface area contributed by atoms with Crippen LogP contribution in [0.15, 0.2) is 24.3 Å². The zero-order valence-electron chi connectivity index (χ0n) is 8.56. The molecule has 1 aliphatic carbocycles. The number of alkyl halides is 2. The summed E-state index contributed by atoms with van der Waals surface area (Å²) in [6, 6.07) is 7.59. The average molecular weight is 370 g/mol. The largest absolute Gasteiger partial charge is 0.325 e. The van der Waals surface area contributed by atoms with Crippen LogP contribution in [0.25, 0.3) is 0 Å². The fraction of sp³-hybridized carbons (Fsp3) is 0.364. The first-order valence-corrected chi connectivity index (χ1v) is 6.63. The molecule has 1 amide bonds. The lowest BCUT2D eigenvalue weighted by molar-refractivity contribution is -0.120. The van der Waals surface area contributed by atoms with E-state index in [2.05, 4.69) is 27.9 Å². The van der Waals surface area contributed by atoms with Gasteiger partial charge in [-0.3, -0.25) is 4.79 Å². The number of nitrogens with one attached hydrogen (secondary N) is 1. The van der Waals surface area contributed by atoms with Crippen molar-refractivity contribution in [1.82, 2.24) is 0 Å². The van der Waals surface area contributed by atoms with E-state index < -0.39 is 9.75 Å². The summed E-state index contributed by atoms with van der Waals surface area (Å²) in [7, 11) is 0. The molecule has 1 aliphatic rings. The van der Waals surface area contributed by atoms with E-state index in [0.717, 1.165) is 9.26 Å². The number of benzene rings is 1. The third-order valence-corrected chi connectivity index (χ3v) is 4.61. The van der Waals surface area contributed by atoms with E-state index in [-0.39, 0.29) is 5.91 Å². The van der Waals surface area contributed by atoms with Gasteiger partial charge in [-0.15, -0.1) is 23.2 Å². The molecule has 0 spiro atoms. The average Bonchev–Trinajstić information content (AvgIpc) is 2.67. The van der Waals surface area contributed by atoms with Crippen LogP contribution in [-0.4, -0.2) is 10.2 Å². The molecule has 1 saturated carbocycles. The van der Waals surface area contributed by atoms with Gasteiger partial charge in [-0.25, -0.2) is 0 Å². The molecule has 1 fully saturated rings. The first-order chi connectivity index (χ1) is 7.35. The predicted molar refractivity (Wildman–Crippen MR) is 74.9 cm³/mol. The Bertz CT molecular complexity index is 449. The molecule has 1 unspecified atom stereocenters. The number of halogens is 3. The maximum atomic E-state index is 11.9. The van der Waals surface area contributed by atoms with Crippen LogP contribution in [0.4, 0.5) is 5.69 Å². The second-order valence-corrected chi connectivity index (χ2v) is 6.91. The Hall–Kier alpha value is -0.000000000000000222. The molecule has 1 atom stereocenters. The van der Waals surface area contributed by atoms with Gasteiger partial charge >= 0.3 is 0 Å². The van der Waals surface area contributed by atoms with Crippen LogP contribution in [0.3, 0.4) is 0 Å². The Morgan fingerprint density at radius 1 is 1.50 bits per heavy atom. The first kappa shape index (κ1) is 12.5. The number of carbonyl (C=O) groups is 1. The molecule has 86 valence electrons. The van der Waals surface area contributed by atoms with Crippen molar-refractivity contribution in [2.24, 2.45) is 5.41 Å². The van der Waals surface area contributed by atoms with Crippen LogP contribution in [0.1, 0.15) is 13.3 Å². The molecule has 0 aromatic heterocycles. The number of hydrogen-bond acceptors (Lipinski definition) is 1. The lowest BCUT2D eigenvalue weighted by Crippen LogP contribution is -2.25. The van der Waals surface area contributed by atoms with E-state index in [4.69, 9.17) is 23.2 Å². The van der Waals surface area contributed by atoms with Gasteiger partial charge in [0.1, 0.15) is 4.33 Å². The maximum absolute atomic E-state index is 11.9.